The van der Waals surface area contributed by atoms with Gasteiger partial charge in [-0.1, -0.05) is 24.6 Å². The molecule has 6 heteroatoms. The lowest BCUT2D eigenvalue weighted by Crippen LogP contribution is -2.09. The Morgan fingerprint density at radius 1 is 1.64 bits per heavy atom. The van der Waals surface area contributed by atoms with Crippen LogP contribution in [-0.2, 0) is 0 Å². The van der Waals surface area contributed by atoms with Crippen molar-refractivity contribution in [3.05, 3.63) is 0 Å². The Hall–Kier alpha value is -0.0700. The molecule has 11 heavy (non-hydrogen) atoms. The molecule has 0 spiro atoms. The van der Waals surface area contributed by atoms with Crippen molar-refractivity contribution in [3.8, 4) is 0 Å². The average molecular weight is 198 g/mol. The van der Waals surface area contributed by atoms with Gasteiger partial charge in [0.25, 0.3) is 0 Å². The van der Waals surface area contributed by atoms with Crippen LogP contribution in [0.2, 0.25) is 0 Å². The summed E-state index contributed by atoms with van der Waals surface area (Å²) in [4.78, 5) is 9.73. The van der Waals surface area contributed by atoms with E-state index in [0.717, 1.165) is 23.3 Å². The number of hydrogen-bond donors (Lipinski definition) is 3. The van der Waals surface area contributed by atoms with Gasteiger partial charge in [0.1, 0.15) is 0 Å². The summed E-state index contributed by atoms with van der Waals surface area (Å²) in [6.45, 7) is 4.61. The largest absolute Gasteiger partial charge is 0.464 e. The predicted molar refractivity (Wildman–Crippen MR) is 51.6 cm³/mol. The van der Waals surface area contributed by atoms with Crippen molar-refractivity contribution >= 4 is 27.9 Å². The molecule has 0 aromatic heterocycles. The molecule has 0 saturated carbocycles. The van der Waals surface area contributed by atoms with E-state index < -0.39 is 6.09 Å². The molecule has 0 aliphatic heterocycles. The summed E-state index contributed by atoms with van der Waals surface area (Å²) in [5.41, 5.74) is 4.85. The summed E-state index contributed by atoms with van der Waals surface area (Å²) < 4.78 is 2.14. The zero-order chi connectivity index (χ0) is 9.11. The van der Waals surface area contributed by atoms with Crippen molar-refractivity contribution in [3.63, 3.8) is 0 Å². The van der Waals surface area contributed by atoms with Gasteiger partial charge in [0.15, 0.2) is 0 Å². The molecule has 0 aliphatic carbocycles. The highest BCUT2D eigenvalue weighted by molar-refractivity contribution is 8.76. The normalized spacial score (nSPS) is 7.91. The van der Waals surface area contributed by atoms with Gasteiger partial charge >= 0.3 is 6.09 Å². The summed E-state index contributed by atoms with van der Waals surface area (Å²) in [6, 6.07) is 0. The standard InChI is InChI=1S/C3H7NO2S2.C2H7N/c1-2-7-8-4-3(5)6;1-2-3/h4H,2H2,1H3,(H,5,6);2-3H2,1H3. The molecular formula is C5H14N2O2S2. The topological polar surface area (TPSA) is 75.3 Å². The minimum absolute atomic E-state index is 0.750. The number of nitrogens with two attached hydrogens (primary N) is 1. The number of carbonyl (C=O) groups is 1. The molecule has 0 aromatic rings. The van der Waals surface area contributed by atoms with E-state index in [1.807, 2.05) is 13.8 Å². The minimum Gasteiger partial charge on any atom is -0.464 e. The molecule has 0 fully saturated rings. The number of rotatable bonds is 3. The second kappa shape index (κ2) is 12.6. The van der Waals surface area contributed by atoms with Crippen LogP contribution in [0.5, 0.6) is 0 Å². The third kappa shape index (κ3) is 25.7. The first kappa shape index (κ1) is 13.5. The van der Waals surface area contributed by atoms with Crippen molar-refractivity contribution < 1.29 is 9.90 Å². The summed E-state index contributed by atoms with van der Waals surface area (Å²) in [5, 5.41) is 7.99. The Balaban J connectivity index is 0. The van der Waals surface area contributed by atoms with E-state index in [-0.39, 0.29) is 0 Å². The monoisotopic (exact) mass is 198 g/mol. The highest BCUT2D eigenvalue weighted by atomic mass is 33.1. The van der Waals surface area contributed by atoms with Gasteiger partial charge in [-0.2, -0.15) is 0 Å². The zero-order valence-corrected chi connectivity index (χ0v) is 8.30. The van der Waals surface area contributed by atoms with E-state index in [0.29, 0.717) is 0 Å². The number of carboxylic acid groups (broad SMARTS) is 1. The first-order chi connectivity index (χ1) is 5.18. The fourth-order valence-electron chi connectivity index (χ4n) is 0.124. The predicted octanol–water partition coefficient (Wildman–Crippen LogP) is 1.54. The molecule has 68 valence electrons. The Morgan fingerprint density at radius 2 is 2.09 bits per heavy atom. The van der Waals surface area contributed by atoms with Gasteiger partial charge in [0.2, 0.25) is 0 Å². The Labute approximate surface area is 74.8 Å². The van der Waals surface area contributed by atoms with Crippen molar-refractivity contribution in [2.45, 2.75) is 13.8 Å². The van der Waals surface area contributed by atoms with Gasteiger partial charge in [0, 0.05) is 16.7 Å². The lowest BCUT2D eigenvalue weighted by Gasteiger charge is -1.92. The molecule has 0 saturated heterocycles. The Bertz CT molecular complexity index is 92.6. The van der Waals surface area contributed by atoms with Gasteiger partial charge in [-0.3, -0.25) is 4.72 Å². The zero-order valence-electron chi connectivity index (χ0n) is 6.66. The van der Waals surface area contributed by atoms with E-state index in [2.05, 4.69) is 4.72 Å². The molecule has 1 amide bonds. The Kier molecular flexibility index (Phi) is 15.5. The van der Waals surface area contributed by atoms with E-state index in [1.165, 1.54) is 10.8 Å². The molecule has 0 unspecified atom stereocenters. The van der Waals surface area contributed by atoms with Crippen LogP contribution in [0.1, 0.15) is 13.8 Å². The number of amides is 1. The van der Waals surface area contributed by atoms with Crippen molar-refractivity contribution in [2.75, 3.05) is 12.3 Å². The van der Waals surface area contributed by atoms with Gasteiger partial charge in [-0.25, -0.2) is 4.79 Å². The van der Waals surface area contributed by atoms with Crippen LogP contribution in [0.4, 0.5) is 4.79 Å². The maximum atomic E-state index is 9.73. The van der Waals surface area contributed by atoms with Crippen molar-refractivity contribution in [1.82, 2.24) is 4.72 Å². The summed E-state index contributed by atoms with van der Waals surface area (Å²) in [5.74, 6) is 0.908. The molecular weight excluding hydrogens is 184 g/mol. The van der Waals surface area contributed by atoms with Crippen LogP contribution < -0.4 is 10.5 Å². The third-order valence-electron chi connectivity index (χ3n) is 0.306. The van der Waals surface area contributed by atoms with Gasteiger partial charge < -0.3 is 10.8 Å². The lowest BCUT2D eigenvalue weighted by atomic mass is 10.8. The van der Waals surface area contributed by atoms with Crippen LogP contribution in [0, 0.1) is 0 Å². The average Bonchev–Trinajstić information content (AvgIpc) is 1.89. The Morgan fingerprint density at radius 3 is 2.36 bits per heavy atom. The number of nitrogens with one attached hydrogen (secondary N) is 1. The van der Waals surface area contributed by atoms with Crippen LogP contribution in [0.15, 0.2) is 0 Å². The van der Waals surface area contributed by atoms with Crippen molar-refractivity contribution in [2.24, 2.45) is 5.73 Å². The molecule has 0 rings (SSSR count). The van der Waals surface area contributed by atoms with E-state index in [4.69, 9.17) is 10.8 Å². The summed E-state index contributed by atoms with van der Waals surface area (Å²) in [7, 11) is 2.59. The van der Waals surface area contributed by atoms with E-state index >= 15 is 0 Å². The molecule has 0 bridgehead atoms. The smallest absolute Gasteiger partial charge is 0.415 e. The van der Waals surface area contributed by atoms with E-state index in [1.54, 1.807) is 0 Å². The molecule has 0 aliphatic rings. The molecule has 4 N–H and O–H groups in total. The highest BCUT2D eigenvalue weighted by Crippen LogP contribution is 2.14. The first-order valence-corrected chi connectivity index (χ1v) is 5.48. The fraction of sp³-hybridized carbons (Fsp3) is 0.800. The lowest BCUT2D eigenvalue weighted by molar-refractivity contribution is 0.202. The maximum Gasteiger partial charge on any atom is 0.415 e. The third-order valence-corrected chi connectivity index (χ3v) is 2.23. The van der Waals surface area contributed by atoms with Crippen LogP contribution in [0.3, 0.4) is 0 Å². The fourth-order valence-corrected chi connectivity index (χ4v) is 1.12. The second-order valence-corrected chi connectivity index (χ2v) is 3.70. The number of hydrogen-bond acceptors (Lipinski definition) is 4. The summed E-state index contributed by atoms with van der Waals surface area (Å²) >= 11 is 0. The molecule has 4 nitrogen and oxygen atoms in total. The van der Waals surface area contributed by atoms with Gasteiger partial charge in [-0.05, 0) is 6.54 Å². The molecule has 0 atom stereocenters. The second-order valence-electron chi connectivity index (χ2n) is 1.31. The van der Waals surface area contributed by atoms with E-state index in [9.17, 15) is 4.79 Å². The molecule has 0 heterocycles. The molecule has 0 aromatic carbocycles. The van der Waals surface area contributed by atoms with Crippen molar-refractivity contribution in [1.29, 1.82) is 0 Å². The summed E-state index contributed by atoms with van der Waals surface area (Å²) in [6.07, 6.45) is -0.990. The minimum atomic E-state index is -0.990. The van der Waals surface area contributed by atoms with Crippen LogP contribution in [-0.4, -0.2) is 23.5 Å². The SMILES string of the molecule is CCN.CCSSNC(=O)O. The molecule has 0 radical (unpaired) electrons. The first-order valence-electron chi connectivity index (χ1n) is 3.16. The maximum absolute atomic E-state index is 9.73. The van der Waals surface area contributed by atoms with Gasteiger partial charge in [0.05, 0.1) is 0 Å². The van der Waals surface area contributed by atoms with Crippen LogP contribution in [0.25, 0.3) is 0 Å². The van der Waals surface area contributed by atoms with Gasteiger partial charge in [-0.15, -0.1) is 0 Å². The highest BCUT2D eigenvalue weighted by Gasteiger charge is 1.90. The van der Waals surface area contributed by atoms with Crippen LogP contribution >= 0.6 is 21.8 Å². The quantitative estimate of drug-likeness (QED) is 0.364.